The summed E-state index contributed by atoms with van der Waals surface area (Å²) >= 11 is 0. The summed E-state index contributed by atoms with van der Waals surface area (Å²) in [4.78, 5) is 27.6. The van der Waals surface area contributed by atoms with Crippen LogP contribution in [0.4, 0.5) is 0 Å². The number of amides is 2. The number of hydrogen-bond donors (Lipinski definition) is 1. The summed E-state index contributed by atoms with van der Waals surface area (Å²) in [7, 11) is 3.70. The fourth-order valence-corrected chi connectivity index (χ4v) is 4.16. The van der Waals surface area contributed by atoms with E-state index in [0.717, 1.165) is 28.5 Å². The Morgan fingerprint density at radius 1 is 1.03 bits per heavy atom. The average molecular weight is 444 g/mol. The standard InChI is InChI=1S/C27H29N3O3/c1-29-16-7-11-24(29)27(32)28-15-13-22(18-20-8-4-3-5-9-20)30(2)26(31)19-21-10-6-12-25-23(21)14-17-33-25/h3-12,14,16-17,22H,13,15,18-19H2,1-2H3,(H,28,32)/t22-/m1/s1. The van der Waals surface area contributed by atoms with Crippen molar-refractivity contribution in [3.63, 3.8) is 0 Å². The van der Waals surface area contributed by atoms with Crippen molar-refractivity contribution in [2.75, 3.05) is 13.6 Å². The minimum absolute atomic E-state index is 0.0402. The number of furan rings is 1. The van der Waals surface area contributed by atoms with Gasteiger partial charge in [0.05, 0.1) is 12.7 Å². The Bertz CT molecular complexity index is 1230. The van der Waals surface area contributed by atoms with Crippen LogP contribution in [0.2, 0.25) is 0 Å². The molecule has 4 rings (SSSR count). The molecule has 170 valence electrons. The van der Waals surface area contributed by atoms with E-state index in [4.69, 9.17) is 4.42 Å². The van der Waals surface area contributed by atoms with Crippen LogP contribution < -0.4 is 5.32 Å². The number of nitrogens with zero attached hydrogens (tertiary/aromatic N) is 2. The first-order chi connectivity index (χ1) is 16.0. The average Bonchev–Trinajstić information content (AvgIpc) is 3.48. The van der Waals surface area contributed by atoms with Crippen LogP contribution in [-0.2, 0) is 24.7 Å². The monoisotopic (exact) mass is 443 g/mol. The third-order valence-corrected chi connectivity index (χ3v) is 6.12. The van der Waals surface area contributed by atoms with E-state index >= 15 is 0 Å². The molecule has 2 amide bonds. The Morgan fingerprint density at radius 2 is 1.85 bits per heavy atom. The van der Waals surface area contributed by atoms with Gasteiger partial charge in [-0.2, -0.15) is 0 Å². The van der Waals surface area contributed by atoms with Gasteiger partial charge in [-0.3, -0.25) is 9.59 Å². The van der Waals surface area contributed by atoms with Gasteiger partial charge in [0.15, 0.2) is 0 Å². The van der Waals surface area contributed by atoms with Crippen LogP contribution in [0, 0.1) is 0 Å². The van der Waals surface area contributed by atoms with Crippen molar-refractivity contribution in [3.8, 4) is 0 Å². The summed E-state index contributed by atoms with van der Waals surface area (Å²) < 4.78 is 7.27. The van der Waals surface area contributed by atoms with Gasteiger partial charge in [-0.15, -0.1) is 0 Å². The van der Waals surface area contributed by atoms with Gasteiger partial charge in [-0.25, -0.2) is 0 Å². The molecule has 1 atom stereocenters. The second-order valence-electron chi connectivity index (χ2n) is 8.32. The third-order valence-electron chi connectivity index (χ3n) is 6.12. The van der Waals surface area contributed by atoms with Crippen molar-refractivity contribution < 1.29 is 14.0 Å². The molecule has 0 aliphatic heterocycles. The molecule has 0 bridgehead atoms. The highest BCUT2D eigenvalue weighted by atomic mass is 16.3. The molecule has 2 aromatic carbocycles. The van der Waals surface area contributed by atoms with Crippen LogP contribution in [0.25, 0.3) is 11.0 Å². The molecule has 1 N–H and O–H groups in total. The Morgan fingerprint density at radius 3 is 2.61 bits per heavy atom. The lowest BCUT2D eigenvalue weighted by atomic mass is 10.0. The number of likely N-dealkylation sites (N-methyl/N-ethyl adjacent to an activating group) is 1. The van der Waals surface area contributed by atoms with E-state index in [1.165, 1.54) is 0 Å². The summed E-state index contributed by atoms with van der Waals surface area (Å²) in [6.07, 6.45) is 5.17. The minimum Gasteiger partial charge on any atom is -0.464 e. The topological polar surface area (TPSA) is 67.5 Å². The number of hydrogen-bond acceptors (Lipinski definition) is 3. The fraction of sp³-hybridized carbons (Fsp3) is 0.259. The fourth-order valence-electron chi connectivity index (χ4n) is 4.16. The Kier molecular flexibility index (Phi) is 6.93. The number of aromatic nitrogens is 1. The quantitative estimate of drug-likeness (QED) is 0.422. The number of carbonyl (C=O) groups excluding carboxylic acids is 2. The van der Waals surface area contributed by atoms with Crippen molar-refractivity contribution in [2.45, 2.75) is 25.3 Å². The molecular weight excluding hydrogens is 414 g/mol. The molecule has 33 heavy (non-hydrogen) atoms. The van der Waals surface area contributed by atoms with Gasteiger partial charge in [0.2, 0.25) is 5.91 Å². The first-order valence-electron chi connectivity index (χ1n) is 11.2. The van der Waals surface area contributed by atoms with E-state index in [9.17, 15) is 9.59 Å². The second-order valence-corrected chi connectivity index (χ2v) is 8.32. The van der Waals surface area contributed by atoms with Gasteiger partial charge in [-0.05, 0) is 48.2 Å². The molecule has 0 unspecified atom stereocenters. The SMILES string of the molecule is CN(C(=O)Cc1cccc2occc12)[C@H](CCNC(=O)c1cccn1C)Cc1ccccc1. The van der Waals surface area contributed by atoms with Gasteiger partial charge in [0.1, 0.15) is 11.3 Å². The summed E-state index contributed by atoms with van der Waals surface area (Å²) in [5.41, 5.74) is 3.51. The van der Waals surface area contributed by atoms with E-state index in [1.54, 1.807) is 16.9 Å². The van der Waals surface area contributed by atoms with Gasteiger partial charge in [0.25, 0.3) is 5.91 Å². The minimum atomic E-state index is -0.110. The number of carbonyl (C=O) groups is 2. The van der Waals surface area contributed by atoms with Crippen LogP contribution in [0.3, 0.4) is 0 Å². The lowest BCUT2D eigenvalue weighted by molar-refractivity contribution is -0.131. The molecule has 4 aromatic rings. The molecule has 6 heteroatoms. The van der Waals surface area contributed by atoms with Crippen LogP contribution in [0.5, 0.6) is 0 Å². The first kappa shape index (κ1) is 22.4. The predicted octanol–water partition coefficient (Wildman–Crippen LogP) is 4.20. The molecule has 0 fully saturated rings. The molecule has 0 saturated carbocycles. The number of nitrogens with one attached hydrogen (secondary N) is 1. The molecule has 0 aliphatic rings. The number of rotatable bonds is 9. The number of aryl methyl sites for hydroxylation is 1. The molecule has 2 heterocycles. The van der Waals surface area contributed by atoms with Crippen molar-refractivity contribution in [3.05, 3.63) is 96.0 Å². The van der Waals surface area contributed by atoms with E-state index in [0.29, 0.717) is 25.1 Å². The Hall–Kier alpha value is -3.80. The molecular formula is C27H29N3O3. The molecule has 0 aliphatic carbocycles. The highest BCUT2D eigenvalue weighted by molar-refractivity contribution is 5.92. The van der Waals surface area contributed by atoms with Gasteiger partial charge >= 0.3 is 0 Å². The van der Waals surface area contributed by atoms with Crippen molar-refractivity contribution in [1.82, 2.24) is 14.8 Å². The zero-order valence-corrected chi connectivity index (χ0v) is 19.0. The number of benzene rings is 2. The number of fused-ring (bicyclic) bond motifs is 1. The van der Waals surface area contributed by atoms with E-state index in [1.807, 2.05) is 73.7 Å². The highest BCUT2D eigenvalue weighted by Crippen LogP contribution is 2.21. The lowest BCUT2D eigenvalue weighted by Gasteiger charge is -2.29. The van der Waals surface area contributed by atoms with Gasteiger partial charge in [0, 0.05) is 38.3 Å². The second kappa shape index (κ2) is 10.2. The van der Waals surface area contributed by atoms with Crippen LogP contribution in [0.15, 0.2) is 83.6 Å². The van der Waals surface area contributed by atoms with Gasteiger partial charge < -0.3 is 19.2 Å². The summed E-state index contributed by atoms with van der Waals surface area (Å²) in [5.74, 6) is -0.0695. The van der Waals surface area contributed by atoms with Crippen molar-refractivity contribution >= 4 is 22.8 Å². The molecule has 0 radical (unpaired) electrons. The van der Waals surface area contributed by atoms with Crippen LogP contribution in [0.1, 0.15) is 28.0 Å². The largest absolute Gasteiger partial charge is 0.464 e. The summed E-state index contributed by atoms with van der Waals surface area (Å²) in [6, 6.07) is 21.4. The maximum absolute atomic E-state index is 13.2. The molecule has 0 saturated heterocycles. The summed E-state index contributed by atoms with van der Waals surface area (Å²) in [5, 5.41) is 3.96. The normalized spacial score (nSPS) is 11.9. The summed E-state index contributed by atoms with van der Waals surface area (Å²) in [6.45, 7) is 0.483. The third kappa shape index (κ3) is 5.34. The lowest BCUT2D eigenvalue weighted by Crippen LogP contribution is -2.41. The molecule has 0 spiro atoms. The smallest absolute Gasteiger partial charge is 0.267 e. The van der Waals surface area contributed by atoms with E-state index in [-0.39, 0.29) is 17.9 Å². The maximum Gasteiger partial charge on any atom is 0.267 e. The molecule has 2 aromatic heterocycles. The van der Waals surface area contributed by atoms with E-state index < -0.39 is 0 Å². The molecule has 6 nitrogen and oxygen atoms in total. The Labute approximate surface area is 193 Å². The Balaban J connectivity index is 1.44. The zero-order valence-electron chi connectivity index (χ0n) is 19.0. The van der Waals surface area contributed by atoms with Crippen LogP contribution in [-0.4, -0.2) is 40.9 Å². The zero-order chi connectivity index (χ0) is 23.2. The van der Waals surface area contributed by atoms with Crippen molar-refractivity contribution in [2.24, 2.45) is 7.05 Å². The highest BCUT2D eigenvalue weighted by Gasteiger charge is 2.22. The van der Waals surface area contributed by atoms with E-state index in [2.05, 4.69) is 17.4 Å². The maximum atomic E-state index is 13.2. The van der Waals surface area contributed by atoms with Crippen LogP contribution >= 0.6 is 0 Å². The predicted molar refractivity (Wildman–Crippen MR) is 129 cm³/mol. The van der Waals surface area contributed by atoms with Crippen molar-refractivity contribution in [1.29, 1.82) is 0 Å². The van der Waals surface area contributed by atoms with Gasteiger partial charge in [-0.1, -0.05) is 42.5 Å². The first-order valence-corrected chi connectivity index (χ1v) is 11.2.